The van der Waals surface area contributed by atoms with Crippen molar-refractivity contribution in [1.82, 2.24) is 4.83 Å². The van der Waals surface area contributed by atoms with E-state index in [1.807, 2.05) is 0 Å². The number of halogens is 1. The van der Waals surface area contributed by atoms with Crippen molar-refractivity contribution < 1.29 is 8.42 Å². The first-order valence-electron chi connectivity index (χ1n) is 3.04. The molecule has 0 spiro atoms. The molecule has 1 aromatic rings. The van der Waals surface area contributed by atoms with Gasteiger partial charge >= 0.3 is 0 Å². The monoisotopic (exact) mass is 298 g/mol. The van der Waals surface area contributed by atoms with E-state index in [1.165, 1.54) is 12.1 Å². The van der Waals surface area contributed by atoms with Crippen LogP contribution in [0.5, 0.6) is 0 Å². The van der Waals surface area contributed by atoms with Crippen molar-refractivity contribution >= 4 is 32.6 Å². The van der Waals surface area contributed by atoms with Gasteiger partial charge in [0.1, 0.15) is 0 Å². The summed E-state index contributed by atoms with van der Waals surface area (Å²) in [7, 11) is -3.49. The molecule has 0 radical (unpaired) electrons. The summed E-state index contributed by atoms with van der Waals surface area (Å²) in [5.41, 5.74) is 0. The van der Waals surface area contributed by atoms with Crippen LogP contribution in [0.15, 0.2) is 29.2 Å². The lowest BCUT2D eigenvalue weighted by Gasteiger charge is -2.00. The summed E-state index contributed by atoms with van der Waals surface area (Å²) < 4.78 is 23.1. The Morgan fingerprint density at radius 2 is 1.75 bits per heavy atom. The Balaban J connectivity index is 3.14. The van der Waals surface area contributed by atoms with Crippen LogP contribution in [0.25, 0.3) is 0 Å². The second-order valence-corrected chi connectivity index (χ2v) is 5.03. The molecular weight excluding hydrogens is 291 g/mol. The molecule has 66 valence electrons. The number of nitrogens with two attached hydrogens (primary N) is 1. The average molecular weight is 298 g/mol. The maximum absolute atomic E-state index is 11.1. The third kappa shape index (κ3) is 2.16. The molecule has 0 unspecified atom stereocenters. The number of rotatable bonds is 2. The van der Waals surface area contributed by atoms with Crippen LogP contribution >= 0.6 is 22.6 Å². The van der Waals surface area contributed by atoms with Crippen LogP contribution in [0, 0.1) is 3.57 Å². The molecule has 6 heteroatoms. The van der Waals surface area contributed by atoms with E-state index < -0.39 is 10.0 Å². The molecule has 0 aliphatic heterocycles. The van der Waals surface area contributed by atoms with Gasteiger partial charge in [-0.05, 0) is 46.9 Å². The molecule has 0 atom stereocenters. The lowest BCUT2D eigenvalue weighted by molar-refractivity contribution is 0.584. The van der Waals surface area contributed by atoms with E-state index >= 15 is 0 Å². The Bertz CT molecular complexity index is 360. The van der Waals surface area contributed by atoms with Gasteiger partial charge in [-0.15, -0.1) is 0 Å². The van der Waals surface area contributed by atoms with Crippen LogP contribution in [0.1, 0.15) is 0 Å². The molecule has 0 aliphatic carbocycles. The Hall–Kier alpha value is -0.180. The molecule has 0 heterocycles. The fraction of sp³-hybridized carbons (Fsp3) is 0. The minimum Gasteiger partial charge on any atom is -0.257 e. The number of hydrazine groups is 1. The van der Waals surface area contributed by atoms with Gasteiger partial charge in [-0.2, -0.15) is 4.83 Å². The van der Waals surface area contributed by atoms with Gasteiger partial charge < -0.3 is 0 Å². The minimum absolute atomic E-state index is 0.172. The van der Waals surface area contributed by atoms with Crippen molar-refractivity contribution in [3.63, 3.8) is 0 Å². The highest BCUT2D eigenvalue weighted by Crippen LogP contribution is 2.10. The van der Waals surface area contributed by atoms with Crippen LogP contribution in [-0.2, 0) is 10.0 Å². The number of hydrogen-bond donors (Lipinski definition) is 2. The van der Waals surface area contributed by atoms with Crippen molar-refractivity contribution in [1.29, 1.82) is 0 Å². The highest BCUT2D eigenvalue weighted by atomic mass is 127. The SMILES string of the molecule is NNS(=O)(=O)c1ccc(I)cc1. The summed E-state index contributed by atoms with van der Waals surface area (Å²) in [6.45, 7) is 0. The molecule has 0 fully saturated rings. The van der Waals surface area contributed by atoms with Crippen molar-refractivity contribution in [3.05, 3.63) is 27.8 Å². The molecule has 0 saturated carbocycles. The van der Waals surface area contributed by atoms with Gasteiger partial charge in [-0.1, -0.05) is 0 Å². The Labute approximate surface area is 84.3 Å². The zero-order valence-electron chi connectivity index (χ0n) is 5.99. The summed E-state index contributed by atoms with van der Waals surface area (Å²) in [5.74, 6) is 4.84. The second-order valence-electron chi connectivity index (χ2n) is 2.08. The maximum atomic E-state index is 11.1. The molecule has 4 nitrogen and oxygen atoms in total. The van der Waals surface area contributed by atoms with Crippen LogP contribution in [0.3, 0.4) is 0 Å². The Kier molecular flexibility index (Phi) is 3.04. The molecule has 0 amide bonds. The third-order valence-electron chi connectivity index (χ3n) is 1.28. The van der Waals surface area contributed by atoms with Crippen LogP contribution in [0.4, 0.5) is 0 Å². The normalized spacial score (nSPS) is 11.5. The highest BCUT2D eigenvalue weighted by Gasteiger charge is 2.09. The predicted octanol–water partition coefficient (Wildman–Crippen LogP) is 0.443. The van der Waals surface area contributed by atoms with E-state index in [9.17, 15) is 8.42 Å². The number of nitrogens with one attached hydrogen (secondary N) is 1. The third-order valence-corrected chi connectivity index (χ3v) is 3.20. The maximum Gasteiger partial charge on any atom is 0.253 e. The van der Waals surface area contributed by atoms with Gasteiger partial charge in [0.15, 0.2) is 0 Å². The zero-order chi connectivity index (χ0) is 9.19. The van der Waals surface area contributed by atoms with E-state index in [0.29, 0.717) is 0 Å². The molecule has 0 saturated heterocycles. The fourth-order valence-corrected chi connectivity index (χ4v) is 1.67. The molecule has 1 aromatic carbocycles. The quantitative estimate of drug-likeness (QED) is 0.473. The van der Waals surface area contributed by atoms with Crippen LogP contribution in [-0.4, -0.2) is 8.42 Å². The smallest absolute Gasteiger partial charge is 0.253 e. The van der Waals surface area contributed by atoms with Gasteiger partial charge in [0.2, 0.25) is 0 Å². The van der Waals surface area contributed by atoms with Gasteiger partial charge in [-0.25, -0.2) is 8.42 Å². The summed E-state index contributed by atoms with van der Waals surface area (Å²) >= 11 is 2.09. The summed E-state index contributed by atoms with van der Waals surface area (Å²) in [5, 5.41) is 0. The molecular formula is C6H7IN2O2S. The topological polar surface area (TPSA) is 72.2 Å². The molecule has 0 aromatic heterocycles. The summed E-state index contributed by atoms with van der Waals surface area (Å²) in [6, 6.07) is 6.39. The largest absolute Gasteiger partial charge is 0.257 e. The molecule has 0 bridgehead atoms. The predicted molar refractivity (Wildman–Crippen MR) is 53.7 cm³/mol. The number of benzene rings is 1. The standard InChI is InChI=1S/C6H7IN2O2S/c7-5-1-3-6(4-2-5)12(10,11)9-8/h1-4,9H,8H2. The van der Waals surface area contributed by atoms with E-state index in [0.717, 1.165) is 3.57 Å². The Morgan fingerprint density at radius 1 is 1.25 bits per heavy atom. The minimum atomic E-state index is -3.49. The van der Waals surface area contributed by atoms with Crippen molar-refractivity contribution in [2.45, 2.75) is 4.90 Å². The van der Waals surface area contributed by atoms with Crippen molar-refractivity contribution in [2.24, 2.45) is 5.84 Å². The number of hydrogen-bond acceptors (Lipinski definition) is 3. The molecule has 1 rings (SSSR count). The zero-order valence-corrected chi connectivity index (χ0v) is 8.96. The highest BCUT2D eigenvalue weighted by molar-refractivity contribution is 14.1. The lowest BCUT2D eigenvalue weighted by atomic mass is 10.4. The van der Waals surface area contributed by atoms with Crippen LogP contribution in [0.2, 0.25) is 0 Å². The van der Waals surface area contributed by atoms with Gasteiger partial charge in [0, 0.05) is 3.57 Å². The van der Waals surface area contributed by atoms with Crippen LogP contribution < -0.4 is 10.7 Å². The first-order chi connectivity index (χ1) is 5.56. The van der Waals surface area contributed by atoms with Gasteiger partial charge in [-0.3, -0.25) is 5.84 Å². The first kappa shape index (κ1) is 9.90. The van der Waals surface area contributed by atoms with E-state index in [2.05, 4.69) is 22.6 Å². The van der Waals surface area contributed by atoms with Gasteiger partial charge in [0.25, 0.3) is 10.0 Å². The van der Waals surface area contributed by atoms with E-state index in [4.69, 9.17) is 5.84 Å². The first-order valence-corrected chi connectivity index (χ1v) is 5.60. The van der Waals surface area contributed by atoms with E-state index in [-0.39, 0.29) is 4.90 Å². The lowest BCUT2D eigenvalue weighted by Crippen LogP contribution is -2.30. The second kappa shape index (κ2) is 3.69. The fourth-order valence-electron chi connectivity index (χ4n) is 0.682. The molecule has 12 heavy (non-hydrogen) atoms. The molecule has 3 N–H and O–H groups in total. The Morgan fingerprint density at radius 3 is 2.17 bits per heavy atom. The number of sulfonamides is 1. The summed E-state index contributed by atoms with van der Waals surface area (Å²) in [6.07, 6.45) is 0. The van der Waals surface area contributed by atoms with Crippen molar-refractivity contribution in [2.75, 3.05) is 0 Å². The van der Waals surface area contributed by atoms with E-state index in [1.54, 1.807) is 17.0 Å². The average Bonchev–Trinajstić information content (AvgIpc) is 2.05. The van der Waals surface area contributed by atoms with Gasteiger partial charge in [0.05, 0.1) is 4.90 Å². The molecule has 0 aliphatic rings. The summed E-state index contributed by atoms with van der Waals surface area (Å²) in [4.78, 5) is 1.92. The van der Waals surface area contributed by atoms with Crippen molar-refractivity contribution in [3.8, 4) is 0 Å².